The van der Waals surface area contributed by atoms with Crippen LogP contribution in [0.1, 0.15) is 37.7 Å². The number of nitrogens with zero attached hydrogens (tertiary/aromatic N) is 1. The van der Waals surface area contributed by atoms with Crippen molar-refractivity contribution in [3.63, 3.8) is 0 Å². The molecular formula is C19H28N2O2. The first-order chi connectivity index (χ1) is 11.1. The van der Waals surface area contributed by atoms with E-state index >= 15 is 0 Å². The fraction of sp³-hybridized carbons (Fsp3) is 0.684. The summed E-state index contributed by atoms with van der Waals surface area (Å²) in [4.78, 5) is 2.58. The van der Waals surface area contributed by atoms with Crippen LogP contribution in [0.15, 0.2) is 18.2 Å². The van der Waals surface area contributed by atoms with Crippen LogP contribution < -0.4 is 14.8 Å². The predicted molar refractivity (Wildman–Crippen MR) is 91.5 cm³/mol. The maximum atomic E-state index is 5.56. The molecule has 0 bridgehead atoms. The molecule has 4 rings (SSSR count). The molecule has 2 saturated heterocycles. The molecule has 126 valence electrons. The lowest BCUT2D eigenvalue weighted by Gasteiger charge is -2.55. The van der Waals surface area contributed by atoms with E-state index in [0.717, 1.165) is 11.5 Å². The molecule has 4 nitrogen and oxygen atoms in total. The zero-order valence-corrected chi connectivity index (χ0v) is 14.5. The quantitative estimate of drug-likeness (QED) is 0.929. The van der Waals surface area contributed by atoms with Gasteiger partial charge in [0, 0.05) is 17.0 Å². The summed E-state index contributed by atoms with van der Waals surface area (Å²) in [7, 11) is 5.73. The molecule has 0 aromatic heterocycles. The molecule has 1 N–H and O–H groups in total. The molecule has 2 heterocycles. The molecular weight excluding hydrogens is 288 g/mol. The zero-order chi connectivity index (χ0) is 16.1. The molecule has 3 aliphatic rings. The molecule has 1 aliphatic carbocycles. The second-order valence-corrected chi connectivity index (χ2v) is 7.63. The monoisotopic (exact) mass is 316 g/mol. The van der Waals surface area contributed by atoms with Gasteiger partial charge in [-0.15, -0.1) is 0 Å². The maximum absolute atomic E-state index is 5.56. The number of ether oxygens (including phenoxy) is 2. The van der Waals surface area contributed by atoms with Gasteiger partial charge in [-0.05, 0) is 69.9 Å². The summed E-state index contributed by atoms with van der Waals surface area (Å²) in [6.45, 7) is 2.38. The average molecular weight is 316 g/mol. The number of benzene rings is 1. The molecule has 1 unspecified atom stereocenters. The highest BCUT2D eigenvalue weighted by molar-refractivity contribution is 5.46. The highest BCUT2D eigenvalue weighted by atomic mass is 16.5. The molecule has 3 fully saturated rings. The summed E-state index contributed by atoms with van der Waals surface area (Å²) in [5, 5.41) is 3.73. The minimum absolute atomic E-state index is 0.275. The van der Waals surface area contributed by atoms with E-state index in [-0.39, 0.29) is 5.41 Å². The van der Waals surface area contributed by atoms with Gasteiger partial charge in [-0.2, -0.15) is 0 Å². The van der Waals surface area contributed by atoms with Crippen molar-refractivity contribution in [1.29, 1.82) is 0 Å². The standard InChI is InChI=1S/C19H28N2O2/c1-21-11-9-19(7-6-18(8-10-20-18)13-17(19)21)14-4-5-15(22-2)16(12-14)23-3/h4-5,12,17,20H,6-11,13H2,1-3H3/t17-,18?,19-/m0/s1. The van der Waals surface area contributed by atoms with Crippen LogP contribution in [0.5, 0.6) is 11.5 Å². The van der Waals surface area contributed by atoms with Crippen LogP contribution in [0.25, 0.3) is 0 Å². The Morgan fingerprint density at radius 3 is 2.52 bits per heavy atom. The highest BCUT2D eigenvalue weighted by Crippen LogP contribution is 2.53. The fourth-order valence-electron chi connectivity index (χ4n) is 5.19. The van der Waals surface area contributed by atoms with Gasteiger partial charge >= 0.3 is 0 Å². The third-order valence-electron chi connectivity index (χ3n) is 6.78. The second-order valence-electron chi connectivity index (χ2n) is 7.63. The van der Waals surface area contributed by atoms with Crippen molar-refractivity contribution >= 4 is 0 Å². The first-order valence-electron chi connectivity index (χ1n) is 8.80. The summed E-state index contributed by atoms with van der Waals surface area (Å²) in [5.41, 5.74) is 2.12. The van der Waals surface area contributed by atoms with Gasteiger partial charge in [0.05, 0.1) is 14.2 Å². The number of methoxy groups -OCH3 is 2. The lowest BCUT2D eigenvalue weighted by Crippen LogP contribution is -2.64. The van der Waals surface area contributed by atoms with E-state index in [1.165, 1.54) is 50.8 Å². The predicted octanol–water partition coefficient (Wildman–Crippen LogP) is 2.56. The molecule has 2 aliphatic heterocycles. The first-order valence-corrected chi connectivity index (χ1v) is 8.80. The van der Waals surface area contributed by atoms with E-state index in [1.807, 2.05) is 0 Å². The number of hydrogen-bond donors (Lipinski definition) is 1. The molecule has 23 heavy (non-hydrogen) atoms. The third-order valence-corrected chi connectivity index (χ3v) is 6.78. The van der Waals surface area contributed by atoms with E-state index in [9.17, 15) is 0 Å². The Morgan fingerprint density at radius 1 is 1.09 bits per heavy atom. The van der Waals surface area contributed by atoms with E-state index in [4.69, 9.17) is 9.47 Å². The lowest BCUT2D eigenvalue weighted by atomic mass is 9.59. The van der Waals surface area contributed by atoms with Gasteiger partial charge in [0.1, 0.15) is 0 Å². The van der Waals surface area contributed by atoms with Crippen molar-refractivity contribution in [3.05, 3.63) is 23.8 Å². The second kappa shape index (κ2) is 5.38. The number of likely N-dealkylation sites (tertiary alicyclic amines) is 1. The maximum Gasteiger partial charge on any atom is 0.161 e. The van der Waals surface area contributed by atoms with Gasteiger partial charge in [0.25, 0.3) is 0 Å². The van der Waals surface area contributed by atoms with Crippen LogP contribution in [-0.2, 0) is 5.41 Å². The molecule has 0 radical (unpaired) electrons. The minimum atomic E-state index is 0.275. The number of likely N-dealkylation sites (N-methyl/N-ethyl adjacent to an activating group) is 1. The van der Waals surface area contributed by atoms with Gasteiger partial charge in [-0.3, -0.25) is 0 Å². The number of nitrogens with one attached hydrogen (secondary N) is 1. The summed E-state index contributed by atoms with van der Waals surface area (Å²) in [6, 6.07) is 7.18. The normalized spacial score (nSPS) is 36.6. The molecule has 1 saturated carbocycles. The molecule has 4 heteroatoms. The Balaban J connectivity index is 1.71. The van der Waals surface area contributed by atoms with Crippen molar-refractivity contribution in [2.24, 2.45) is 0 Å². The molecule has 3 atom stereocenters. The van der Waals surface area contributed by atoms with Crippen LogP contribution in [0.2, 0.25) is 0 Å². The SMILES string of the molecule is COc1ccc([C@]23CCN(C)[C@H]2CC2(CCN2)CC3)cc1OC. The van der Waals surface area contributed by atoms with Gasteiger partial charge < -0.3 is 19.7 Å². The van der Waals surface area contributed by atoms with Crippen molar-refractivity contribution < 1.29 is 9.47 Å². The molecule has 1 spiro atoms. The summed E-state index contributed by atoms with van der Waals surface area (Å²) >= 11 is 0. The summed E-state index contributed by atoms with van der Waals surface area (Å²) < 4.78 is 11.0. The van der Waals surface area contributed by atoms with Crippen LogP contribution in [0, 0.1) is 0 Å². The van der Waals surface area contributed by atoms with Crippen molar-refractivity contribution in [2.75, 3.05) is 34.4 Å². The topological polar surface area (TPSA) is 33.7 Å². The largest absolute Gasteiger partial charge is 0.493 e. The number of rotatable bonds is 3. The van der Waals surface area contributed by atoms with E-state index in [1.54, 1.807) is 14.2 Å². The first kappa shape index (κ1) is 15.3. The Kier molecular flexibility index (Phi) is 3.58. The van der Waals surface area contributed by atoms with Gasteiger partial charge in [0.2, 0.25) is 0 Å². The van der Waals surface area contributed by atoms with Crippen LogP contribution >= 0.6 is 0 Å². The van der Waals surface area contributed by atoms with E-state index in [2.05, 4.69) is 35.5 Å². The Hall–Kier alpha value is -1.26. The zero-order valence-electron chi connectivity index (χ0n) is 14.5. The molecule has 1 aromatic carbocycles. The molecule has 0 amide bonds. The molecule has 1 aromatic rings. The Morgan fingerprint density at radius 2 is 1.87 bits per heavy atom. The summed E-state index contributed by atoms with van der Waals surface area (Å²) in [6.07, 6.45) is 6.44. The van der Waals surface area contributed by atoms with Crippen LogP contribution in [-0.4, -0.2) is 50.8 Å². The Labute approximate surface area is 139 Å². The summed E-state index contributed by atoms with van der Waals surface area (Å²) in [5.74, 6) is 1.68. The van der Waals surface area contributed by atoms with Crippen LogP contribution in [0.4, 0.5) is 0 Å². The van der Waals surface area contributed by atoms with Gasteiger partial charge in [-0.1, -0.05) is 6.07 Å². The smallest absolute Gasteiger partial charge is 0.161 e. The minimum Gasteiger partial charge on any atom is -0.493 e. The number of fused-ring (bicyclic) bond motifs is 1. The number of hydrogen-bond acceptors (Lipinski definition) is 4. The van der Waals surface area contributed by atoms with Gasteiger partial charge in [-0.25, -0.2) is 0 Å². The fourth-order valence-corrected chi connectivity index (χ4v) is 5.19. The average Bonchev–Trinajstić information content (AvgIpc) is 2.90. The van der Waals surface area contributed by atoms with E-state index < -0.39 is 0 Å². The Bertz CT molecular complexity index is 599. The van der Waals surface area contributed by atoms with Crippen LogP contribution in [0.3, 0.4) is 0 Å². The lowest BCUT2D eigenvalue weighted by molar-refractivity contribution is 0.0558. The third kappa shape index (κ3) is 2.18. The van der Waals surface area contributed by atoms with Crippen molar-refractivity contribution in [2.45, 2.75) is 49.1 Å². The van der Waals surface area contributed by atoms with E-state index in [0.29, 0.717) is 11.6 Å². The highest BCUT2D eigenvalue weighted by Gasteiger charge is 2.55. The van der Waals surface area contributed by atoms with Crippen molar-refractivity contribution in [3.8, 4) is 11.5 Å². The van der Waals surface area contributed by atoms with Crippen molar-refractivity contribution in [1.82, 2.24) is 10.2 Å². The van der Waals surface area contributed by atoms with Gasteiger partial charge in [0.15, 0.2) is 11.5 Å².